The lowest BCUT2D eigenvalue weighted by atomic mass is 9.74. The molecule has 0 spiro atoms. The SMILES string of the molecule is O=C(NCCC(P(=O)(O)O)P(=O)(O)O)C1CC(C(=O)NCCC(P(=O)(O)O)P(=O)(O)O)CC(C(=O)NCCC(P(=O)(O)O)P(=O)(O)O)C1. The van der Waals surface area contributed by atoms with Gasteiger partial charge in [0.2, 0.25) is 17.7 Å². The zero-order valence-electron chi connectivity index (χ0n) is 24.6. The van der Waals surface area contributed by atoms with Crippen LogP contribution in [0.1, 0.15) is 38.5 Å². The molecule has 24 nitrogen and oxygen atoms in total. The quantitative estimate of drug-likeness (QED) is 0.0640. The Balaban J connectivity index is 3.13. The van der Waals surface area contributed by atoms with Gasteiger partial charge in [-0.05, 0) is 38.5 Å². The van der Waals surface area contributed by atoms with Crippen molar-refractivity contribution in [1.29, 1.82) is 0 Å². The van der Waals surface area contributed by atoms with E-state index in [1.54, 1.807) is 0 Å². The number of nitrogens with one attached hydrogen (secondary N) is 3. The maximum absolute atomic E-state index is 13.0. The van der Waals surface area contributed by atoms with Crippen molar-refractivity contribution in [2.45, 2.75) is 54.7 Å². The topological polar surface area (TPSA) is 432 Å². The van der Waals surface area contributed by atoms with Crippen LogP contribution in [0.25, 0.3) is 0 Å². The molecule has 15 N–H and O–H groups in total. The fourth-order valence-electron chi connectivity index (χ4n) is 4.96. The van der Waals surface area contributed by atoms with Crippen LogP contribution in [0.2, 0.25) is 0 Å². The van der Waals surface area contributed by atoms with Gasteiger partial charge in [0.15, 0.2) is 16.2 Å². The van der Waals surface area contributed by atoms with E-state index in [0.29, 0.717) is 0 Å². The van der Waals surface area contributed by atoms with Crippen LogP contribution in [-0.2, 0) is 41.8 Å². The molecule has 0 saturated heterocycles. The standard InChI is InChI=1S/C18H39N3O21P6/c22-16(19-4-1-13(43(25,26)27)44(28,29)30)10-7-11(17(23)20-5-2-14(45(31,32)33)46(34,35)36)9-12(8-10)18(24)21-6-3-15(47(37,38)39)48(40,41)42/h10-15H,1-9H2,(H,19,22)(H,20,23)(H,21,24)(H2,25,26,27)(H2,28,29,30)(H2,31,32,33)(H2,34,35,36)(H2,37,38,39)(H2,40,41,42). The minimum Gasteiger partial charge on any atom is -0.356 e. The summed E-state index contributed by atoms with van der Waals surface area (Å²) in [5.74, 6) is -6.55. The highest BCUT2D eigenvalue weighted by atomic mass is 31.2. The van der Waals surface area contributed by atoms with Crippen molar-refractivity contribution < 1.29 is 100 Å². The largest absolute Gasteiger partial charge is 0.356 e. The average Bonchev–Trinajstić information content (AvgIpc) is 2.86. The van der Waals surface area contributed by atoms with Gasteiger partial charge < -0.3 is 74.7 Å². The van der Waals surface area contributed by atoms with Crippen LogP contribution >= 0.6 is 45.6 Å². The van der Waals surface area contributed by atoms with E-state index in [-0.39, 0.29) is 19.3 Å². The molecule has 0 aromatic heterocycles. The Morgan fingerprint density at radius 3 is 0.729 bits per heavy atom. The predicted molar refractivity (Wildman–Crippen MR) is 161 cm³/mol. The summed E-state index contributed by atoms with van der Waals surface area (Å²) in [5, 5.41) is -0.784. The molecule has 0 aromatic rings. The third kappa shape index (κ3) is 14.9. The Morgan fingerprint density at radius 1 is 0.417 bits per heavy atom. The van der Waals surface area contributed by atoms with Crippen LogP contribution in [-0.4, -0.2) is 112 Å². The number of amides is 3. The molecule has 1 aliphatic carbocycles. The number of carbonyl (C=O) groups excluding carboxylic acids is 3. The summed E-state index contributed by atoms with van der Waals surface area (Å²) in [5.41, 5.74) is 0. The fourth-order valence-corrected chi connectivity index (χ4v) is 12.5. The average molecular weight is 819 g/mol. The Labute approximate surface area is 271 Å². The Kier molecular flexibility index (Phi) is 16.3. The summed E-state index contributed by atoms with van der Waals surface area (Å²) in [6.45, 7) is -2.04. The van der Waals surface area contributed by atoms with Gasteiger partial charge in [0.25, 0.3) is 0 Å². The van der Waals surface area contributed by atoms with Crippen molar-refractivity contribution in [2.24, 2.45) is 17.8 Å². The molecule has 30 heteroatoms. The van der Waals surface area contributed by atoms with E-state index in [4.69, 9.17) is 0 Å². The summed E-state index contributed by atoms with van der Waals surface area (Å²) in [6.07, 6.45) is -3.66. The van der Waals surface area contributed by atoms with Crippen LogP contribution in [0.4, 0.5) is 0 Å². The molecule has 1 rings (SSSR count). The summed E-state index contributed by atoms with van der Waals surface area (Å²) in [6, 6.07) is 0. The van der Waals surface area contributed by atoms with Gasteiger partial charge >= 0.3 is 45.6 Å². The number of hydrogen-bond acceptors (Lipinski definition) is 9. The first-order valence-electron chi connectivity index (χ1n) is 13.5. The van der Waals surface area contributed by atoms with Gasteiger partial charge in [0.1, 0.15) is 0 Å². The predicted octanol–water partition coefficient (Wildman–Crippen LogP) is -2.42. The van der Waals surface area contributed by atoms with Crippen molar-refractivity contribution in [3.8, 4) is 0 Å². The summed E-state index contributed by atoms with van der Waals surface area (Å²) in [7, 11) is -32.0. The zero-order chi connectivity index (χ0) is 37.7. The highest BCUT2D eigenvalue weighted by Crippen LogP contribution is 2.62. The van der Waals surface area contributed by atoms with Gasteiger partial charge in [0, 0.05) is 37.4 Å². The Morgan fingerprint density at radius 2 is 0.583 bits per heavy atom. The maximum atomic E-state index is 13.0. The monoisotopic (exact) mass is 819 g/mol. The van der Waals surface area contributed by atoms with E-state index in [2.05, 4.69) is 16.0 Å². The molecule has 282 valence electrons. The molecule has 48 heavy (non-hydrogen) atoms. The first kappa shape index (κ1) is 45.3. The summed E-state index contributed by atoms with van der Waals surface area (Å²) >= 11 is 0. The molecule has 0 unspecified atom stereocenters. The van der Waals surface area contributed by atoms with Gasteiger partial charge in [-0.15, -0.1) is 0 Å². The van der Waals surface area contributed by atoms with E-state index in [1.807, 2.05) is 0 Å². The Hall–Kier alpha value is -0.690. The number of carbonyl (C=O) groups is 3. The molecule has 0 bridgehead atoms. The lowest BCUT2D eigenvalue weighted by Gasteiger charge is -2.33. The van der Waals surface area contributed by atoms with Crippen LogP contribution in [0, 0.1) is 17.8 Å². The fraction of sp³-hybridized carbons (Fsp3) is 0.833. The highest BCUT2D eigenvalue weighted by Gasteiger charge is 2.46. The van der Waals surface area contributed by atoms with Crippen LogP contribution in [0.15, 0.2) is 0 Å². The number of hydrogen-bond donors (Lipinski definition) is 15. The van der Waals surface area contributed by atoms with E-state index in [1.165, 1.54) is 0 Å². The maximum Gasteiger partial charge on any atom is 0.340 e. The molecule has 0 atom stereocenters. The van der Waals surface area contributed by atoms with Crippen molar-refractivity contribution in [2.75, 3.05) is 19.6 Å². The molecule has 1 fully saturated rings. The number of rotatable bonds is 18. The Bertz CT molecular complexity index is 1210. The molecular weight excluding hydrogens is 780 g/mol. The van der Waals surface area contributed by atoms with Crippen molar-refractivity contribution in [3.63, 3.8) is 0 Å². The van der Waals surface area contributed by atoms with E-state index >= 15 is 0 Å². The molecule has 0 radical (unpaired) electrons. The molecule has 0 aromatic carbocycles. The normalized spacial score (nSPS) is 20.2. The first-order chi connectivity index (χ1) is 21.4. The molecular formula is C18H39N3O21P6. The summed E-state index contributed by atoms with van der Waals surface area (Å²) in [4.78, 5) is 150. The van der Waals surface area contributed by atoms with Crippen molar-refractivity contribution in [3.05, 3.63) is 0 Å². The third-order valence-corrected chi connectivity index (χ3v) is 18.9. The molecule has 1 saturated carbocycles. The second kappa shape index (κ2) is 17.2. The lowest BCUT2D eigenvalue weighted by Crippen LogP contribution is -2.45. The van der Waals surface area contributed by atoms with Gasteiger partial charge in [-0.25, -0.2) is 0 Å². The van der Waals surface area contributed by atoms with Crippen LogP contribution in [0.5, 0.6) is 0 Å². The van der Waals surface area contributed by atoms with Gasteiger partial charge in [-0.3, -0.25) is 41.8 Å². The first-order valence-corrected chi connectivity index (χ1v) is 23.6. The second-order valence-electron chi connectivity index (χ2n) is 11.0. The van der Waals surface area contributed by atoms with E-state index < -0.39 is 136 Å². The lowest BCUT2D eigenvalue weighted by molar-refractivity contribution is -0.135. The van der Waals surface area contributed by atoms with Crippen molar-refractivity contribution in [1.82, 2.24) is 16.0 Å². The highest BCUT2D eigenvalue weighted by molar-refractivity contribution is 7.71. The summed E-state index contributed by atoms with van der Waals surface area (Å²) < 4.78 is 69.0. The van der Waals surface area contributed by atoms with Gasteiger partial charge in [0.05, 0.1) is 0 Å². The van der Waals surface area contributed by atoms with E-state index in [9.17, 15) is 100 Å². The van der Waals surface area contributed by atoms with E-state index in [0.717, 1.165) is 0 Å². The minimum atomic E-state index is -5.33. The smallest absolute Gasteiger partial charge is 0.340 e. The minimum absolute atomic E-state index is 0.333. The molecule has 3 amide bonds. The van der Waals surface area contributed by atoms with Crippen LogP contribution < -0.4 is 16.0 Å². The zero-order valence-corrected chi connectivity index (χ0v) is 29.9. The molecule has 0 aliphatic heterocycles. The van der Waals surface area contributed by atoms with Gasteiger partial charge in [-0.1, -0.05) is 0 Å². The van der Waals surface area contributed by atoms with Crippen molar-refractivity contribution >= 4 is 63.3 Å². The third-order valence-electron chi connectivity index (χ3n) is 7.25. The van der Waals surface area contributed by atoms with Gasteiger partial charge in [-0.2, -0.15) is 0 Å². The second-order valence-corrected chi connectivity index (χ2v) is 23.0. The van der Waals surface area contributed by atoms with Crippen LogP contribution in [0.3, 0.4) is 0 Å². The molecule has 0 heterocycles. The molecule has 1 aliphatic rings.